The molecule has 0 aromatic heterocycles. The molecule has 1 aliphatic heterocycles. The molecule has 160 valence electrons. The number of esters is 1. The number of nitrogens with zero attached hydrogens (tertiary/aromatic N) is 1. The molecule has 2 aromatic carbocycles. The van der Waals surface area contributed by atoms with E-state index in [0.29, 0.717) is 16.4 Å². The predicted molar refractivity (Wildman–Crippen MR) is 122 cm³/mol. The van der Waals surface area contributed by atoms with Crippen LogP contribution in [0.5, 0.6) is 11.5 Å². The van der Waals surface area contributed by atoms with Crippen molar-refractivity contribution < 1.29 is 23.9 Å². The first-order valence-electron chi connectivity index (χ1n) is 9.00. The lowest BCUT2D eigenvalue weighted by Crippen LogP contribution is -2.27. The van der Waals surface area contributed by atoms with Crippen molar-refractivity contribution in [2.24, 2.45) is 5.10 Å². The molecule has 2 amide bonds. The molecule has 3 rings (SSSR count). The fourth-order valence-electron chi connectivity index (χ4n) is 2.54. The van der Waals surface area contributed by atoms with Gasteiger partial charge in [-0.05, 0) is 48.1 Å². The number of amides is 2. The van der Waals surface area contributed by atoms with Gasteiger partial charge in [-0.1, -0.05) is 30.0 Å². The summed E-state index contributed by atoms with van der Waals surface area (Å²) in [6.07, 6.45) is 1.29. The molecule has 0 radical (unpaired) electrons. The van der Waals surface area contributed by atoms with Gasteiger partial charge in [0.1, 0.15) is 5.25 Å². The minimum atomic E-state index is -0.795. The zero-order valence-corrected chi connectivity index (χ0v) is 17.9. The van der Waals surface area contributed by atoms with Crippen molar-refractivity contribution in [1.29, 1.82) is 0 Å². The zero-order chi connectivity index (χ0) is 22.2. The van der Waals surface area contributed by atoms with Gasteiger partial charge in [-0.2, -0.15) is 5.10 Å². The summed E-state index contributed by atoms with van der Waals surface area (Å²) < 4.78 is 10.6. The number of benzene rings is 2. The first-order chi connectivity index (χ1) is 14.9. The molecule has 0 bridgehead atoms. The van der Waals surface area contributed by atoms with Crippen LogP contribution in [-0.4, -0.2) is 40.8 Å². The number of hydrazone groups is 1. The Morgan fingerprint density at radius 3 is 2.68 bits per heavy atom. The maximum Gasteiger partial charge on any atom is 0.312 e. The quantitative estimate of drug-likeness (QED) is 0.189. The van der Waals surface area contributed by atoms with E-state index < -0.39 is 22.4 Å². The van der Waals surface area contributed by atoms with E-state index in [1.54, 1.807) is 18.2 Å². The van der Waals surface area contributed by atoms with Gasteiger partial charge in [-0.15, -0.1) is 0 Å². The first kappa shape index (κ1) is 22.2. The van der Waals surface area contributed by atoms with E-state index in [-0.39, 0.29) is 12.2 Å². The molecule has 0 aliphatic carbocycles. The second-order valence-corrected chi connectivity index (χ2v) is 7.75. The molecule has 3 N–H and O–H groups in total. The van der Waals surface area contributed by atoms with E-state index in [9.17, 15) is 14.4 Å². The lowest BCUT2D eigenvalue weighted by molar-refractivity contribution is -0.136. The molecule has 2 aromatic rings. The van der Waals surface area contributed by atoms with Gasteiger partial charge < -0.3 is 14.8 Å². The largest absolute Gasteiger partial charge is 0.493 e. The average Bonchev–Trinajstić information content (AvgIpc) is 3.06. The predicted octanol–water partition coefficient (Wildman–Crippen LogP) is 2.66. The summed E-state index contributed by atoms with van der Waals surface area (Å²) in [5.41, 5.74) is 4.21. The Balaban J connectivity index is 1.55. The standard InChI is InChI=1S/C20H18N4O5S2/c1-28-15-9-12(11-21-24-19(30)22-13-5-3-2-4-6-13)7-8-14(15)29-17(25)10-16-18(26)23-20(27)31-16/h2-9,11,16H,10H2,1H3,(H2,22,24,30)(H,23,26,27)/b21-11+. The van der Waals surface area contributed by atoms with Crippen LogP contribution < -0.4 is 25.5 Å². The number of para-hydroxylation sites is 1. The van der Waals surface area contributed by atoms with Crippen molar-refractivity contribution in [2.45, 2.75) is 11.7 Å². The third-order valence-corrected chi connectivity index (χ3v) is 5.12. The van der Waals surface area contributed by atoms with Crippen LogP contribution in [0.3, 0.4) is 0 Å². The minimum absolute atomic E-state index is 0.189. The number of thioether (sulfide) groups is 1. The van der Waals surface area contributed by atoms with E-state index in [0.717, 1.165) is 17.4 Å². The normalized spacial score (nSPS) is 15.5. The number of ether oxygens (including phenoxy) is 2. The molecule has 1 atom stereocenters. The number of rotatable bonds is 7. The van der Waals surface area contributed by atoms with Crippen molar-refractivity contribution in [1.82, 2.24) is 10.7 Å². The highest BCUT2D eigenvalue weighted by Gasteiger charge is 2.34. The van der Waals surface area contributed by atoms with Gasteiger partial charge in [-0.3, -0.25) is 25.1 Å². The molecule has 0 saturated carbocycles. The maximum absolute atomic E-state index is 12.1. The van der Waals surface area contributed by atoms with Crippen molar-refractivity contribution in [3.05, 3.63) is 54.1 Å². The van der Waals surface area contributed by atoms with Crippen LogP contribution in [0.4, 0.5) is 10.5 Å². The van der Waals surface area contributed by atoms with Gasteiger partial charge >= 0.3 is 5.97 Å². The number of imide groups is 1. The Hall–Kier alpha value is -3.44. The van der Waals surface area contributed by atoms with Crippen LogP contribution in [0.25, 0.3) is 0 Å². The Morgan fingerprint density at radius 2 is 2.00 bits per heavy atom. The molecule has 1 unspecified atom stereocenters. The van der Waals surface area contributed by atoms with E-state index in [2.05, 4.69) is 21.2 Å². The van der Waals surface area contributed by atoms with Crippen molar-refractivity contribution in [2.75, 3.05) is 12.4 Å². The summed E-state index contributed by atoms with van der Waals surface area (Å²) in [5, 5.41) is 8.24. The summed E-state index contributed by atoms with van der Waals surface area (Å²) in [6.45, 7) is 0. The molecule has 0 spiro atoms. The number of hydrogen-bond donors (Lipinski definition) is 3. The van der Waals surface area contributed by atoms with Gasteiger partial charge in [0.15, 0.2) is 16.6 Å². The van der Waals surface area contributed by atoms with Crippen molar-refractivity contribution in [3.63, 3.8) is 0 Å². The third-order valence-electron chi connectivity index (χ3n) is 3.94. The van der Waals surface area contributed by atoms with E-state index in [1.165, 1.54) is 13.3 Å². The van der Waals surface area contributed by atoms with E-state index >= 15 is 0 Å². The molecule has 31 heavy (non-hydrogen) atoms. The van der Waals surface area contributed by atoms with Crippen molar-refractivity contribution in [3.8, 4) is 11.5 Å². The fourth-order valence-corrected chi connectivity index (χ4v) is 3.51. The lowest BCUT2D eigenvalue weighted by atomic mass is 10.2. The number of methoxy groups -OCH3 is 1. The highest BCUT2D eigenvalue weighted by atomic mass is 32.2. The number of nitrogens with one attached hydrogen (secondary N) is 3. The first-order valence-corrected chi connectivity index (χ1v) is 10.3. The van der Waals surface area contributed by atoms with Crippen LogP contribution >= 0.6 is 24.0 Å². The maximum atomic E-state index is 12.1. The van der Waals surface area contributed by atoms with E-state index in [4.69, 9.17) is 21.7 Å². The number of anilines is 1. The number of hydrogen-bond acceptors (Lipinski definition) is 8. The molecular formula is C20H18N4O5S2. The monoisotopic (exact) mass is 458 g/mol. The molecule has 1 heterocycles. The van der Waals surface area contributed by atoms with Gasteiger partial charge in [-0.25, -0.2) is 0 Å². The Morgan fingerprint density at radius 1 is 1.23 bits per heavy atom. The second-order valence-electron chi connectivity index (χ2n) is 6.16. The molecule has 1 aliphatic rings. The molecule has 1 fully saturated rings. The number of thiocarbonyl (C=S) groups is 1. The van der Waals surface area contributed by atoms with Gasteiger partial charge in [0.25, 0.3) is 5.24 Å². The SMILES string of the molecule is COc1cc(/C=N/NC(=S)Nc2ccccc2)ccc1OC(=O)CC1SC(=O)NC1=O. The summed E-state index contributed by atoms with van der Waals surface area (Å²) in [7, 11) is 1.43. The van der Waals surface area contributed by atoms with Crippen LogP contribution in [0.2, 0.25) is 0 Å². The van der Waals surface area contributed by atoms with Crippen LogP contribution in [0.1, 0.15) is 12.0 Å². The van der Waals surface area contributed by atoms with Crippen molar-refractivity contribution >= 4 is 58.1 Å². The lowest BCUT2D eigenvalue weighted by Gasteiger charge is -2.11. The average molecular weight is 459 g/mol. The highest BCUT2D eigenvalue weighted by molar-refractivity contribution is 8.15. The Bertz CT molecular complexity index is 1030. The van der Waals surface area contributed by atoms with Gasteiger partial charge in [0.05, 0.1) is 19.7 Å². The van der Waals surface area contributed by atoms with Crippen LogP contribution in [0.15, 0.2) is 53.6 Å². The number of carbonyl (C=O) groups is 3. The molecule has 11 heteroatoms. The van der Waals surface area contributed by atoms with Gasteiger partial charge in [0, 0.05) is 5.69 Å². The molecule has 1 saturated heterocycles. The van der Waals surface area contributed by atoms with Crippen LogP contribution in [-0.2, 0) is 9.59 Å². The molecule has 9 nitrogen and oxygen atoms in total. The third kappa shape index (κ3) is 6.52. The summed E-state index contributed by atoms with van der Waals surface area (Å²) >= 11 is 5.94. The molecular weight excluding hydrogens is 440 g/mol. The second kappa shape index (κ2) is 10.5. The Labute approximate surface area is 187 Å². The number of carbonyl (C=O) groups excluding carboxylic acids is 3. The van der Waals surface area contributed by atoms with Crippen LogP contribution in [0, 0.1) is 0 Å². The summed E-state index contributed by atoms with van der Waals surface area (Å²) in [4.78, 5) is 34.9. The van der Waals surface area contributed by atoms with Gasteiger partial charge in [0.2, 0.25) is 5.91 Å². The summed E-state index contributed by atoms with van der Waals surface area (Å²) in [5.74, 6) is -0.658. The van der Waals surface area contributed by atoms with E-state index in [1.807, 2.05) is 30.3 Å². The highest BCUT2D eigenvalue weighted by Crippen LogP contribution is 2.29. The fraction of sp³-hybridized carbons (Fsp3) is 0.150. The topological polar surface area (TPSA) is 118 Å². The Kier molecular flexibility index (Phi) is 7.57. The smallest absolute Gasteiger partial charge is 0.312 e. The zero-order valence-electron chi connectivity index (χ0n) is 16.3. The minimum Gasteiger partial charge on any atom is -0.493 e. The summed E-state index contributed by atoms with van der Waals surface area (Å²) in [6, 6.07) is 14.3.